The Morgan fingerprint density at radius 1 is 1.43 bits per heavy atom. The van der Waals surface area contributed by atoms with Crippen molar-refractivity contribution in [2.45, 2.75) is 44.8 Å². The van der Waals surface area contributed by atoms with Crippen LogP contribution in [-0.4, -0.2) is 31.3 Å². The molecule has 0 aromatic rings. The smallest absolute Gasteiger partial charge is 0.0726 e. The molecular formula is C11H22N2O. The van der Waals surface area contributed by atoms with E-state index in [2.05, 4.69) is 19.2 Å². The van der Waals surface area contributed by atoms with E-state index in [9.17, 15) is 0 Å². The van der Waals surface area contributed by atoms with Gasteiger partial charge in [0, 0.05) is 18.7 Å². The summed E-state index contributed by atoms with van der Waals surface area (Å²) in [5, 5.41) is 3.66. The minimum atomic E-state index is 0.171. The summed E-state index contributed by atoms with van der Waals surface area (Å²) in [5.41, 5.74) is 6.35. The number of hydrogen-bond donors (Lipinski definition) is 2. The fourth-order valence-electron chi connectivity index (χ4n) is 2.09. The number of nitrogens with two attached hydrogens (primary N) is 1. The molecule has 0 bridgehead atoms. The Bertz CT molecular complexity index is 215. The molecule has 2 unspecified atom stereocenters. The average molecular weight is 198 g/mol. The van der Waals surface area contributed by atoms with Gasteiger partial charge in [-0.3, -0.25) is 0 Å². The van der Waals surface area contributed by atoms with Crippen LogP contribution in [0.15, 0.2) is 0 Å². The summed E-state index contributed by atoms with van der Waals surface area (Å²) in [7, 11) is 0. The predicted molar refractivity (Wildman–Crippen MR) is 57.2 cm³/mol. The van der Waals surface area contributed by atoms with Crippen molar-refractivity contribution in [1.82, 2.24) is 5.32 Å². The molecule has 0 spiro atoms. The first-order valence-corrected chi connectivity index (χ1v) is 5.67. The third-order valence-corrected chi connectivity index (χ3v) is 4.14. The first-order valence-electron chi connectivity index (χ1n) is 5.67. The van der Waals surface area contributed by atoms with Gasteiger partial charge in [0.15, 0.2) is 0 Å². The molecule has 1 saturated carbocycles. The molecule has 1 aliphatic carbocycles. The lowest BCUT2D eigenvalue weighted by Gasteiger charge is -2.31. The molecule has 2 atom stereocenters. The molecule has 1 aliphatic heterocycles. The molecule has 3 nitrogen and oxygen atoms in total. The van der Waals surface area contributed by atoms with E-state index in [1.165, 1.54) is 12.8 Å². The van der Waals surface area contributed by atoms with E-state index in [0.29, 0.717) is 11.5 Å². The molecule has 0 aromatic carbocycles. The van der Waals surface area contributed by atoms with Gasteiger partial charge in [0.05, 0.1) is 6.10 Å². The maximum atomic E-state index is 5.76. The van der Waals surface area contributed by atoms with Crippen LogP contribution >= 0.6 is 0 Å². The molecule has 1 heterocycles. The Morgan fingerprint density at radius 3 is 2.57 bits per heavy atom. The van der Waals surface area contributed by atoms with Gasteiger partial charge in [-0.1, -0.05) is 0 Å². The number of rotatable bonds is 4. The third-order valence-electron chi connectivity index (χ3n) is 4.14. The van der Waals surface area contributed by atoms with Crippen molar-refractivity contribution in [2.24, 2.45) is 11.1 Å². The highest BCUT2D eigenvalue weighted by Gasteiger charge is 2.44. The summed E-state index contributed by atoms with van der Waals surface area (Å²) in [5.74, 6) is 0. The van der Waals surface area contributed by atoms with Gasteiger partial charge in [0.25, 0.3) is 0 Å². The van der Waals surface area contributed by atoms with Crippen LogP contribution in [0, 0.1) is 5.41 Å². The summed E-state index contributed by atoms with van der Waals surface area (Å²) in [4.78, 5) is 0. The van der Waals surface area contributed by atoms with E-state index in [4.69, 9.17) is 10.5 Å². The second-order valence-electron chi connectivity index (χ2n) is 5.24. The lowest BCUT2D eigenvalue weighted by atomic mass is 9.93. The van der Waals surface area contributed by atoms with Crippen molar-refractivity contribution in [1.29, 1.82) is 0 Å². The number of hydrogen-bond acceptors (Lipinski definition) is 3. The maximum Gasteiger partial charge on any atom is 0.0726 e. The van der Waals surface area contributed by atoms with Gasteiger partial charge in [0.2, 0.25) is 0 Å². The standard InChI is InChI=1S/C11H22N2O/c1-9-10(2,5-6-14-9)13-8-11(7-12)3-4-11/h9,13H,3-8,12H2,1-2H3. The second-order valence-corrected chi connectivity index (χ2v) is 5.24. The van der Waals surface area contributed by atoms with Gasteiger partial charge in [-0.15, -0.1) is 0 Å². The van der Waals surface area contributed by atoms with E-state index in [0.717, 1.165) is 26.1 Å². The van der Waals surface area contributed by atoms with Crippen LogP contribution in [-0.2, 0) is 4.74 Å². The van der Waals surface area contributed by atoms with Crippen LogP contribution < -0.4 is 11.1 Å². The Kier molecular flexibility index (Phi) is 2.58. The van der Waals surface area contributed by atoms with Crippen molar-refractivity contribution in [3.8, 4) is 0 Å². The summed E-state index contributed by atoms with van der Waals surface area (Å²) >= 11 is 0. The van der Waals surface area contributed by atoms with Crippen LogP contribution in [0.4, 0.5) is 0 Å². The van der Waals surface area contributed by atoms with Crippen LogP contribution in [0.25, 0.3) is 0 Å². The summed E-state index contributed by atoms with van der Waals surface area (Å²) in [6.07, 6.45) is 4.04. The quantitative estimate of drug-likeness (QED) is 0.705. The van der Waals surface area contributed by atoms with Gasteiger partial charge >= 0.3 is 0 Å². The van der Waals surface area contributed by atoms with E-state index < -0.39 is 0 Å². The lowest BCUT2D eigenvalue weighted by molar-refractivity contribution is 0.0867. The van der Waals surface area contributed by atoms with Gasteiger partial charge in [0.1, 0.15) is 0 Å². The summed E-state index contributed by atoms with van der Waals surface area (Å²) in [6.45, 7) is 7.19. The molecule has 2 aliphatic rings. The molecule has 2 fully saturated rings. The molecule has 1 saturated heterocycles. The highest BCUT2D eigenvalue weighted by atomic mass is 16.5. The Labute approximate surface area is 86.4 Å². The predicted octanol–water partition coefficient (Wildman–Crippen LogP) is 0.882. The number of nitrogens with one attached hydrogen (secondary N) is 1. The van der Waals surface area contributed by atoms with E-state index >= 15 is 0 Å². The average Bonchev–Trinajstić information content (AvgIpc) is 2.89. The monoisotopic (exact) mass is 198 g/mol. The summed E-state index contributed by atoms with van der Waals surface area (Å²) in [6, 6.07) is 0. The zero-order valence-corrected chi connectivity index (χ0v) is 9.31. The van der Waals surface area contributed by atoms with Gasteiger partial charge in [-0.05, 0) is 45.1 Å². The van der Waals surface area contributed by atoms with Crippen LogP contribution in [0.5, 0.6) is 0 Å². The zero-order valence-electron chi connectivity index (χ0n) is 9.31. The van der Waals surface area contributed by atoms with Gasteiger partial charge in [-0.2, -0.15) is 0 Å². The molecule has 82 valence electrons. The van der Waals surface area contributed by atoms with Crippen molar-refractivity contribution >= 4 is 0 Å². The highest BCUT2D eigenvalue weighted by Crippen LogP contribution is 2.44. The first kappa shape index (κ1) is 10.4. The summed E-state index contributed by atoms with van der Waals surface area (Å²) < 4.78 is 5.59. The third kappa shape index (κ3) is 1.81. The molecule has 14 heavy (non-hydrogen) atoms. The first-order chi connectivity index (χ1) is 6.60. The fraction of sp³-hybridized carbons (Fsp3) is 1.00. The fourth-order valence-corrected chi connectivity index (χ4v) is 2.09. The molecular weight excluding hydrogens is 176 g/mol. The van der Waals surface area contributed by atoms with Crippen molar-refractivity contribution in [2.75, 3.05) is 19.7 Å². The minimum Gasteiger partial charge on any atom is -0.377 e. The van der Waals surface area contributed by atoms with Gasteiger partial charge in [-0.25, -0.2) is 0 Å². The SMILES string of the molecule is CC1OCCC1(C)NCC1(CN)CC1. The van der Waals surface area contributed by atoms with Crippen LogP contribution in [0.3, 0.4) is 0 Å². The van der Waals surface area contributed by atoms with Crippen molar-refractivity contribution in [3.05, 3.63) is 0 Å². The molecule has 2 rings (SSSR count). The Balaban J connectivity index is 1.85. The van der Waals surface area contributed by atoms with Crippen molar-refractivity contribution in [3.63, 3.8) is 0 Å². The molecule has 0 radical (unpaired) electrons. The lowest BCUT2D eigenvalue weighted by Crippen LogP contribution is -2.50. The van der Waals surface area contributed by atoms with E-state index in [-0.39, 0.29) is 5.54 Å². The maximum absolute atomic E-state index is 5.76. The topological polar surface area (TPSA) is 47.3 Å². The Hall–Kier alpha value is -0.120. The van der Waals surface area contributed by atoms with Crippen molar-refractivity contribution < 1.29 is 4.74 Å². The largest absolute Gasteiger partial charge is 0.377 e. The minimum absolute atomic E-state index is 0.171. The van der Waals surface area contributed by atoms with Crippen LogP contribution in [0.2, 0.25) is 0 Å². The van der Waals surface area contributed by atoms with E-state index in [1.54, 1.807) is 0 Å². The normalized spacial score (nSPS) is 40.1. The zero-order chi connectivity index (χ0) is 10.2. The highest BCUT2D eigenvalue weighted by molar-refractivity contribution is 5.00. The number of ether oxygens (including phenoxy) is 1. The molecule has 0 amide bonds. The molecule has 3 N–H and O–H groups in total. The Morgan fingerprint density at radius 2 is 2.14 bits per heavy atom. The molecule has 0 aromatic heterocycles. The van der Waals surface area contributed by atoms with E-state index in [1.807, 2.05) is 0 Å². The van der Waals surface area contributed by atoms with Gasteiger partial charge < -0.3 is 15.8 Å². The van der Waals surface area contributed by atoms with Crippen LogP contribution in [0.1, 0.15) is 33.1 Å². The second kappa shape index (κ2) is 3.47. The molecule has 3 heteroatoms.